The van der Waals surface area contributed by atoms with E-state index < -0.39 is 0 Å². The molecule has 104 valence electrons. The van der Waals surface area contributed by atoms with E-state index in [2.05, 4.69) is 12.2 Å². The summed E-state index contributed by atoms with van der Waals surface area (Å²) in [6.07, 6.45) is 10.5. The summed E-state index contributed by atoms with van der Waals surface area (Å²) >= 11 is 5.75. The summed E-state index contributed by atoms with van der Waals surface area (Å²) in [5.74, 6) is 0.706. The fourth-order valence-electron chi connectivity index (χ4n) is 1.97. The van der Waals surface area contributed by atoms with Gasteiger partial charge in [0, 0.05) is 19.0 Å². The lowest BCUT2D eigenvalue weighted by molar-refractivity contribution is 0.164. The van der Waals surface area contributed by atoms with Crippen LogP contribution in [0.2, 0.25) is 0 Å². The minimum atomic E-state index is 0.428. The molecule has 0 radical (unpaired) electrons. The minimum absolute atomic E-state index is 0.428. The van der Waals surface area contributed by atoms with Crippen molar-refractivity contribution >= 4 is 11.6 Å². The van der Waals surface area contributed by atoms with E-state index in [1.165, 1.54) is 44.9 Å². The van der Waals surface area contributed by atoms with Gasteiger partial charge in [-0.15, -0.1) is 11.6 Å². The average molecular weight is 264 g/mol. The Labute approximate surface area is 112 Å². The third kappa shape index (κ3) is 12.5. The summed E-state index contributed by atoms with van der Waals surface area (Å²) in [6.45, 7) is 4.12. The van der Waals surface area contributed by atoms with Gasteiger partial charge in [-0.05, 0) is 19.4 Å². The van der Waals surface area contributed by atoms with Crippen LogP contribution in [0, 0.1) is 0 Å². The monoisotopic (exact) mass is 263 g/mol. The van der Waals surface area contributed by atoms with Crippen LogP contribution < -0.4 is 5.32 Å². The second-order valence-corrected chi connectivity index (χ2v) is 5.08. The molecular formula is C14H30ClNO. The maximum Gasteiger partial charge on any atom is 0.0616 e. The van der Waals surface area contributed by atoms with E-state index >= 15 is 0 Å². The molecule has 3 heteroatoms. The highest BCUT2D eigenvalue weighted by Gasteiger charge is 2.05. The molecule has 0 aliphatic rings. The molecule has 1 unspecified atom stereocenters. The number of methoxy groups -OCH3 is 1. The minimum Gasteiger partial charge on any atom is -0.383 e. The summed E-state index contributed by atoms with van der Waals surface area (Å²) in [4.78, 5) is 0. The van der Waals surface area contributed by atoms with Crippen LogP contribution in [-0.2, 0) is 4.74 Å². The van der Waals surface area contributed by atoms with Crippen molar-refractivity contribution in [3.63, 3.8) is 0 Å². The summed E-state index contributed by atoms with van der Waals surface area (Å²) in [5.41, 5.74) is 0. The summed E-state index contributed by atoms with van der Waals surface area (Å²) in [5, 5.41) is 3.51. The highest BCUT2D eigenvalue weighted by molar-refractivity contribution is 6.17. The SMILES string of the molecule is CCCCCCCCCNC(CCCl)COC. The molecule has 0 aromatic carbocycles. The van der Waals surface area contributed by atoms with Gasteiger partial charge >= 0.3 is 0 Å². The van der Waals surface area contributed by atoms with E-state index in [-0.39, 0.29) is 0 Å². The van der Waals surface area contributed by atoms with Gasteiger partial charge in [-0.2, -0.15) is 0 Å². The van der Waals surface area contributed by atoms with Gasteiger partial charge in [0.2, 0.25) is 0 Å². The molecule has 0 aromatic rings. The number of ether oxygens (including phenoxy) is 1. The van der Waals surface area contributed by atoms with Crippen molar-refractivity contribution in [3.05, 3.63) is 0 Å². The Kier molecular flexibility index (Phi) is 14.4. The van der Waals surface area contributed by atoms with Crippen LogP contribution in [0.3, 0.4) is 0 Å². The molecule has 0 saturated heterocycles. The standard InChI is InChI=1S/C14H30ClNO/c1-3-4-5-6-7-8-9-12-16-14(10-11-15)13-17-2/h14,16H,3-13H2,1-2H3. The van der Waals surface area contributed by atoms with Crippen molar-refractivity contribution in [2.24, 2.45) is 0 Å². The second kappa shape index (κ2) is 14.3. The quantitative estimate of drug-likeness (QED) is 0.401. The lowest BCUT2D eigenvalue weighted by Gasteiger charge is -2.16. The van der Waals surface area contributed by atoms with Gasteiger partial charge < -0.3 is 10.1 Å². The van der Waals surface area contributed by atoms with Gasteiger partial charge in [0.25, 0.3) is 0 Å². The van der Waals surface area contributed by atoms with Gasteiger partial charge in [0.15, 0.2) is 0 Å². The maximum absolute atomic E-state index is 5.75. The van der Waals surface area contributed by atoms with E-state index in [1.807, 2.05) is 0 Å². The second-order valence-electron chi connectivity index (χ2n) is 4.71. The molecule has 1 atom stereocenters. The molecule has 0 aromatic heterocycles. The van der Waals surface area contributed by atoms with Crippen molar-refractivity contribution in [3.8, 4) is 0 Å². The molecule has 0 heterocycles. The zero-order valence-electron chi connectivity index (χ0n) is 11.6. The predicted octanol–water partition coefficient (Wildman–Crippen LogP) is 3.97. The van der Waals surface area contributed by atoms with E-state index in [4.69, 9.17) is 16.3 Å². The molecule has 0 aliphatic carbocycles. The van der Waals surface area contributed by atoms with Crippen LogP contribution >= 0.6 is 11.6 Å². The number of halogens is 1. The fraction of sp³-hybridized carbons (Fsp3) is 1.00. The molecule has 0 fully saturated rings. The molecule has 0 rings (SSSR count). The van der Waals surface area contributed by atoms with Crippen LogP contribution in [0.5, 0.6) is 0 Å². The lowest BCUT2D eigenvalue weighted by Crippen LogP contribution is -2.34. The zero-order valence-corrected chi connectivity index (χ0v) is 12.4. The van der Waals surface area contributed by atoms with Crippen LogP contribution in [0.15, 0.2) is 0 Å². The van der Waals surface area contributed by atoms with Crippen LogP contribution in [0.25, 0.3) is 0 Å². The number of hydrogen-bond acceptors (Lipinski definition) is 2. The summed E-state index contributed by atoms with van der Waals surface area (Å²) in [7, 11) is 1.75. The zero-order chi connectivity index (χ0) is 12.8. The highest BCUT2D eigenvalue weighted by atomic mass is 35.5. The number of unbranched alkanes of at least 4 members (excludes halogenated alkanes) is 6. The number of hydrogen-bond donors (Lipinski definition) is 1. The van der Waals surface area contributed by atoms with Crippen molar-refractivity contribution in [1.29, 1.82) is 0 Å². The number of rotatable bonds is 13. The first-order chi connectivity index (χ1) is 8.35. The van der Waals surface area contributed by atoms with Crippen LogP contribution in [0.4, 0.5) is 0 Å². The molecular weight excluding hydrogens is 234 g/mol. The van der Waals surface area contributed by atoms with Gasteiger partial charge in [0.05, 0.1) is 6.61 Å². The van der Waals surface area contributed by atoms with E-state index in [1.54, 1.807) is 7.11 Å². The molecule has 0 saturated carbocycles. The van der Waals surface area contributed by atoms with E-state index in [9.17, 15) is 0 Å². The highest BCUT2D eigenvalue weighted by Crippen LogP contribution is 2.06. The first-order valence-corrected chi connectivity index (χ1v) is 7.66. The van der Waals surface area contributed by atoms with Crippen molar-refractivity contribution in [2.45, 2.75) is 64.3 Å². The largest absolute Gasteiger partial charge is 0.383 e. The Balaban J connectivity index is 3.23. The van der Waals surface area contributed by atoms with E-state index in [0.717, 1.165) is 19.6 Å². The molecule has 1 N–H and O–H groups in total. The van der Waals surface area contributed by atoms with Crippen LogP contribution in [-0.4, -0.2) is 32.2 Å². The van der Waals surface area contributed by atoms with Gasteiger partial charge in [-0.25, -0.2) is 0 Å². The van der Waals surface area contributed by atoms with Crippen molar-refractivity contribution < 1.29 is 4.74 Å². The molecule has 0 amide bonds. The Hall–Kier alpha value is 0.210. The molecule has 0 spiro atoms. The molecule has 0 bridgehead atoms. The topological polar surface area (TPSA) is 21.3 Å². The van der Waals surface area contributed by atoms with E-state index in [0.29, 0.717) is 11.9 Å². The first kappa shape index (κ1) is 17.2. The van der Waals surface area contributed by atoms with Crippen LogP contribution in [0.1, 0.15) is 58.3 Å². The van der Waals surface area contributed by atoms with Crippen molar-refractivity contribution in [1.82, 2.24) is 5.32 Å². The summed E-state index contributed by atoms with van der Waals surface area (Å²) in [6, 6.07) is 0.428. The first-order valence-electron chi connectivity index (χ1n) is 7.13. The molecule has 17 heavy (non-hydrogen) atoms. The molecule has 2 nitrogen and oxygen atoms in total. The normalized spacial score (nSPS) is 12.9. The summed E-state index contributed by atoms with van der Waals surface area (Å²) < 4.78 is 5.16. The smallest absolute Gasteiger partial charge is 0.0616 e. The fourth-order valence-corrected chi connectivity index (χ4v) is 2.23. The van der Waals surface area contributed by atoms with Crippen molar-refractivity contribution in [2.75, 3.05) is 26.1 Å². The van der Waals surface area contributed by atoms with Gasteiger partial charge in [-0.3, -0.25) is 0 Å². The Morgan fingerprint density at radius 1 is 1.06 bits per heavy atom. The molecule has 0 aliphatic heterocycles. The Morgan fingerprint density at radius 3 is 2.29 bits per heavy atom. The number of alkyl halides is 1. The Bertz CT molecular complexity index is 138. The van der Waals surface area contributed by atoms with Gasteiger partial charge in [-0.1, -0.05) is 45.4 Å². The van der Waals surface area contributed by atoms with Gasteiger partial charge in [0.1, 0.15) is 0 Å². The maximum atomic E-state index is 5.75. The third-order valence-electron chi connectivity index (χ3n) is 3.04. The Morgan fingerprint density at radius 2 is 1.71 bits per heavy atom. The lowest BCUT2D eigenvalue weighted by atomic mass is 10.1. The predicted molar refractivity (Wildman–Crippen MR) is 77.0 cm³/mol. The number of nitrogens with one attached hydrogen (secondary N) is 1. The third-order valence-corrected chi connectivity index (χ3v) is 3.26. The average Bonchev–Trinajstić information content (AvgIpc) is 2.33.